The van der Waals surface area contributed by atoms with Crippen molar-refractivity contribution >= 4 is 0 Å². The molecule has 0 saturated carbocycles. The molecule has 78 valence electrons. The molecule has 0 fully saturated rings. The van der Waals surface area contributed by atoms with Gasteiger partial charge in [0.2, 0.25) is 0 Å². The van der Waals surface area contributed by atoms with E-state index in [-0.39, 0.29) is 5.60 Å². The van der Waals surface area contributed by atoms with E-state index in [1.807, 2.05) is 13.8 Å². The van der Waals surface area contributed by atoms with Crippen molar-refractivity contribution in [2.24, 2.45) is 0 Å². The normalized spacial score (nSPS) is 16.8. The molecule has 0 aliphatic carbocycles. The maximum absolute atomic E-state index is 5.41. The second-order valence-electron chi connectivity index (χ2n) is 4.13. The maximum atomic E-state index is 5.41. The minimum atomic E-state index is -0.287. The van der Waals surface area contributed by atoms with Gasteiger partial charge in [0.15, 0.2) is 0 Å². The zero-order chi connectivity index (χ0) is 10.2. The van der Waals surface area contributed by atoms with Gasteiger partial charge in [0.1, 0.15) is 11.4 Å². The lowest BCUT2D eigenvalue weighted by Gasteiger charge is -2.19. The van der Waals surface area contributed by atoms with Gasteiger partial charge in [0.05, 0.1) is 12.2 Å². The highest BCUT2D eigenvalue weighted by atomic mass is 16.5. The summed E-state index contributed by atoms with van der Waals surface area (Å²) in [5, 5.41) is 3.30. The summed E-state index contributed by atoms with van der Waals surface area (Å²) in [6, 6.07) is 0. The van der Waals surface area contributed by atoms with Crippen LogP contribution >= 0.6 is 0 Å². The van der Waals surface area contributed by atoms with Gasteiger partial charge in [-0.25, -0.2) is 4.98 Å². The summed E-state index contributed by atoms with van der Waals surface area (Å²) in [5.74, 6) is 1.11. The summed E-state index contributed by atoms with van der Waals surface area (Å²) in [6.45, 7) is 6.96. The van der Waals surface area contributed by atoms with Gasteiger partial charge in [-0.05, 0) is 13.8 Å². The molecule has 2 heterocycles. The van der Waals surface area contributed by atoms with Crippen molar-refractivity contribution in [1.82, 2.24) is 14.9 Å². The molecule has 0 bridgehead atoms. The molecule has 0 unspecified atom stereocenters. The lowest BCUT2D eigenvalue weighted by atomic mass is 10.1. The third-order valence-electron chi connectivity index (χ3n) is 2.80. The highest BCUT2D eigenvalue weighted by Gasteiger charge is 2.24. The second-order valence-corrected chi connectivity index (χ2v) is 4.13. The van der Waals surface area contributed by atoms with Crippen molar-refractivity contribution < 1.29 is 4.74 Å². The number of ether oxygens (including phenoxy) is 1. The first-order valence-corrected chi connectivity index (χ1v) is 4.96. The van der Waals surface area contributed by atoms with Gasteiger partial charge in [-0.2, -0.15) is 0 Å². The minimum absolute atomic E-state index is 0.287. The molecule has 0 spiro atoms. The Morgan fingerprint density at radius 3 is 3.00 bits per heavy atom. The molecule has 1 aliphatic heterocycles. The van der Waals surface area contributed by atoms with E-state index < -0.39 is 0 Å². The van der Waals surface area contributed by atoms with Crippen LogP contribution in [0.2, 0.25) is 0 Å². The predicted octanol–water partition coefficient (Wildman–Crippen LogP) is 0.868. The molecule has 1 aromatic rings. The SMILES string of the molecule is COC(C)(C)c1cn2c(n1)CNCC2. The number of rotatable bonds is 2. The topological polar surface area (TPSA) is 39.1 Å². The molecule has 0 aromatic carbocycles. The lowest BCUT2D eigenvalue weighted by molar-refractivity contribution is 0.0157. The van der Waals surface area contributed by atoms with Crippen molar-refractivity contribution in [3.63, 3.8) is 0 Å². The standard InChI is InChI=1S/C10H17N3O/c1-10(2,14-3)8-7-13-5-4-11-6-9(13)12-8/h7,11H,4-6H2,1-3H3. The molecule has 4 heteroatoms. The third kappa shape index (κ3) is 1.55. The first kappa shape index (κ1) is 9.68. The quantitative estimate of drug-likeness (QED) is 0.761. The average Bonchev–Trinajstić information content (AvgIpc) is 2.61. The lowest BCUT2D eigenvalue weighted by Crippen LogP contribution is -2.27. The maximum Gasteiger partial charge on any atom is 0.123 e. The minimum Gasteiger partial charge on any atom is -0.372 e. The van der Waals surface area contributed by atoms with Crippen LogP contribution in [0.15, 0.2) is 6.20 Å². The highest BCUT2D eigenvalue weighted by Crippen LogP contribution is 2.23. The number of methoxy groups -OCH3 is 1. The van der Waals surface area contributed by atoms with Crippen LogP contribution in [-0.4, -0.2) is 23.2 Å². The fourth-order valence-corrected chi connectivity index (χ4v) is 1.58. The fourth-order valence-electron chi connectivity index (χ4n) is 1.58. The van der Waals surface area contributed by atoms with Crippen molar-refractivity contribution in [3.8, 4) is 0 Å². The Kier molecular flexibility index (Phi) is 2.33. The molecule has 1 N–H and O–H groups in total. The van der Waals surface area contributed by atoms with Gasteiger partial charge in [-0.3, -0.25) is 0 Å². The molecule has 0 amide bonds. The molecule has 2 rings (SSSR count). The van der Waals surface area contributed by atoms with Crippen LogP contribution < -0.4 is 5.32 Å². The predicted molar refractivity (Wildman–Crippen MR) is 54.0 cm³/mol. The van der Waals surface area contributed by atoms with Crippen molar-refractivity contribution in [2.45, 2.75) is 32.5 Å². The Hall–Kier alpha value is -0.870. The number of nitrogens with zero attached hydrogens (tertiary/aromatic N) is 2. The molecule has 1 aliphatic rings. The highest BCUT2D eigenvalue weighted by molar-refractivity contribution is 5.12. The Morgan fingerprint density at radius 2 is 2.36 bits per heavy atom. The summed E-state index contributed by atoms with van der Waals surface area (Å²) < 4.78 is 7.61. The van der Waals surface area contributed by atoms with E-state index in [2.05, 4.69) is 21.1 Å². The number of hydrogen-bond donors (Lipinski definition) is 1. The van der Waals surface area contributed by atoms with E-state index in [1.165, 1.54) is 0 Å². The van der Waals surface area contributed by atoms with Crippen LogP contribution in [0.5, 0.6) is 0 Å². The Morgan fingerprint density at radius 1 is 1.57 bits per heavy atom. The molecule has 0 radical (unpaired) electrons. The van der Waals surface area contributed by atoms with Crippen LogP contribution in [-0.2, 0) is 23.4 Å². The largest absolute Gasteiger partial charge is 0.372 e. The van der Waals surface area contributed by atoms with E-state index in [0.29, 0.717) is 0 Å². The van der Waals surface area contributed by atoms with E-state index in [0.717, 1.165) is 31.2 Å². The van der Waals surface area contributed by atoms with Crippen LogP contribution in [0.25, 0.3) is 0 Å². The molecule has 1 aromatic heterocycles. The third-order valence-corrected chi connectivity index (χ3v) is 2.80. The number of nitrogens with one attached hydrogen (secondary N) is 1. The molecule has 4 nitrogen and oxygen atoms in total. The van der Waals surface area contributed by atoms with Gasteiger partial charge in [0.25, 0.3) is 0 Å². The Bertz CT molecular complexity index is 307. The van der Waals surface area contributed by atoms with Gasteiger partial charge >= 0.3 is 0 Å². The molecular formula is C10H17N3O. The zero-order valence-corrected chi connectivity index (χ0v) is 9.00. The number of imidazole rings is 1. The number of aromatic nitrogens is 2. The van der Waals surface area contributed by atoms with E-state index >= 15 is 0 Å². The summed E-state index contributed by atoms with van der Waals surface area (Å²) in [6.07, 6.45) is 2.10. The number of hydrogen-bond acceptors (Lipinski definition) is 3. The van der Waals surface area contributed by atoms with Gasteiger partial charge in [-0.1, -0.05) is 0 Å². The summed E-state index contributed by atoms with van der Waals surface area (Å²) in [4.78, 5) is 4.57. The monoisotopic (exact) mass is 195 g/mol. The van der Waals surface area contributed by atoms with E-state index in [1.54, 1.807) is 7.11 Å². The fraction of sp³-hybridized carbons (Fsp3) is 0.700. The van der Waals surface area contributed by atoms with Gasteiger partial charge in [0, 0.05) is 26.4 Å². The van der Waals surface area contributed by atoms with Crippen molar-refractivity contribution in [1.29, 1.82) is 0 Å². The van der Waals surface area contributed by atoms with Crippen LogP contribution in [0.1, 0.15) is 25.4 Å². The summed E-state index contributed by atoms with van der Waals surface area (Å²) in [7, 11) is 1.72. The van der Waals surface area contributed by atoms with Crippen LogP contribution in [0.4, 0.5) is 0 Å². The van der Waals surface area contributed by atoms with Gasteiger partial charge in [-0.15, -0.1) is 0 Å². The smallest absolute Gasteiger partial charge is 0.123 e. The number of fused-ring (bicyclic) bond motifs is 1. The first-order valence-electron chi connectivity index (χ1n) is 4.96. The first-order chi connectivity index (χ1) is 6.63. The average molecular weight is 195 g/mol. The summed E-state index contributed by atoms with van der Waals surface area (Å²) >= 11 is 0. The van der Waals surface area contributed by atoms with E-state index in [9.17, 15) is 0 Å². The zero-order valence-electron chi connectivity index (χ0n) is 9.00. The Labute approximate surface area is 84.3 Å². The molecular weight excluding hydrogens is 178 g/mol. The van der Waals surface area contributed by atoms with E-state index in [4.69, 9.17) is 4.74 Å². The Balaban J connectivity index is 2.32. The molecule has 0 atom stereocenters. The van der Waals surface area contributed by atoms with Crippen molar-refractivity contribution in [3.05, 3.63) is 17.7 Å². The molecule has 14 heavy (non-hydrogen) atoms. The van der Waals surface area contributed by atoms with Crippen LogP contribution in [0.3, 0.4) is 0 Å². The van der Waals surface area contributed by atoms with Gasteiger partial charge < -0.3 is 14.6 Å². The second kappa shape index (κ2) is 3.37. The molecule has 0 saturated heterocycles. The summed E-state index contributed by atoms with van der Waals surface area (Å²) in [5.41, 5.74) is 0.725. The van der Waals surface area contributed by atoms with Crippen molar-refractivity contribution in [2.75, 3.05) is 13.7 Å². The van der Waals surface area contributed by atoms with Crippen LogP contribution in [0, 0.1) is 0 Å².